The maximum Gasteiger partial charge on any atom is 0.230 e. The van der Waals surface area contributed by atoms with Gasteiger partial charge in [-0.1, -0.05) is 12.1 Å². The zero-order valence-corrected chi connectivity index (χ0v) is 19.8. The number of nitrogens with zero attached hydrogens (tertiary/aromatic N) is 2. The second kappa shape index (κ2) is 9.82. The standard InChI is InChI=1S/C27H36N4O2/c1-18(2)33-23-8-5-20(6-9-23)27(32)31-17-22-4-3-13-29-26(22)30-24-10-7-21(16-25(24)31)19-11-14-28-15-12-19/h3-4,7,10,13,16,18-20,23,28H,5-6,8-9,11-12,14-15,17H2,1-2H3,(H,29,30). The third kappa shape index (κ3) is 4.92. The van der Waals surface area contributed by atoms with Gasteiger partial charge in [-0.25, -0.2) is 4.98 Å². The number of fused-ring (bicyclic) bond motifs is 2. The number of rotatable bonds is 4. The van der Waals surface area contributed by atoms with E-state index < -0.39 is 0 Å². The predicted octanol–water partition coefficient (Wildman–Crippen LogP) is 5.12. The van der Waals surface area contributed by atoms with Crippen LogP contribution in [0.4, 0.5) is 17.2 Å². The zero-order chi connectivity index (χ0) is 22.8. The van der Waals surface area contributed by atoms with Gasteiger partial charge in [0.25, 0.3) is 0 Å². The summed E-state index contributed by atoms with van der Waals surface area (Å²) in [7, 11) is 0. The first-order valence-electron chi connectivity index (χ1n) is 12.6. The highest BCUT2D eigenvalue weighted by Crippen LogP contribution is 2.40. The molecule has 1 amide bonds. The molecule has 1 aromatic heterocycles. The van der Waals surface area contributed by atoms with Crippen molar-refractivity contribution in [3.05, 3.63) is 47.7 Å². The van der Waals surface area contributed by atoms with Crippen LogP contribution in [-0.4, -0.2) is 36.2 Å². The third-order valence-corrected chi connectivity index (χ3v) is 7.35. The summed E-state index contributed by atoms with van der Waals surface area (Å²) in [6.45, 7) is 6.84. The van der Waals surface area contributed by atoms with Crippen molar-refractivity contribution in [2.45, 2.75) is 77.0 Å². The first-order chi connectivity index (χ1) is 16.1. The minimum Gasteiger partial charge on any atom is -0.376 e. The Hall–Kier alpha value is -2.44. The third-order valence-electron chi connectivity index (χ3n) is 7.35. The van der Waals surface area contributed by atoms with E-state index in [-0.39, 0.29) is 24.0 Å². The quantitative estimate of drug-likeness (QED) is 0.679. The Morgan fingerprint density at radius 2 is 1.88 bits per heavy atom. The summed E-state index contributed by atoms with van der Waals surface area (Å²) in [5.41, 5.74) is 4.36. The van der Waals surface area contributed by atoms with Gasteiger partial charge in [-0.3, -0.25) is 4.79 Å². The Morgan fingerprint density at radius 1 is 1.09 bits per heavy atom. The Labute approximate surface area is 197 Å². The molecule has 33 heavy (non-hydrogen) atoms. The molecule has 0 unspecified atom stereocenters. The number of aromatic nitrogens is 1. The normalized spacial score (nSPS) is 23.4. The van der Waals surface area contributed by atoms with Crippen LogP contribution in [-0.2, 0) is 16.1 Å². The number of hydrogen-bond acceptors (Lipinski definition) is 5. The molecule has 6 nitrogen and oxygen atoms in total. The topological polar surface area (TPSA) is 66.5 Å². The van der Waals surface area contributed by atoms with Crippen LogP contribution >= 0.6 is 0 Å². The highest BCUT2D eigenvalue weighted by atomic mass is 16.5. The fraction of sp³-hybridized carbons (Fsp3) is 0.556. The summed E-state index contributed by atoms with van der Waals surface area (Å²) < 4.78 is 6.02. The van der Waals surface area contributed by atoms with E-state index in [4.69, 9.17) is 4.74 Å². The number of nitrogens with one attached hydrogen (secondary N) is 2. The van der Waals surface area contributed by atoms with Crippen LogP contribution in [0.2, 0.25) is 0 Å². The second-order valence-corrected chi connectivity index (χ2v) is 10.0. The number of pyridine rings is 1. The second-order valence-electron chi connectivity index (χ2n) is 10.0. The molecule has 6 heteroatoms. The molecule has 1 aliphatic carbocycles. The zero-order valence-electron chi connectivity index (χ0n) is 19.8. The van der Waals surface area contributed by atoms with Crippen LogP contribution in [0.5, 0.6) is 0 Å². The van der Waals surface area contributed by atoms with Crippen molar-refractivity contribution in [1.82, 2.24) is 10.3 Å². The number of anilines is 3. The molecule has 3 aliphatic rings. The molecule has 1 saturated carbocycles. The summed E-state index contributed by atoms with van der Waals surface area (Å²) in [5, 5.41) is 6.97. The monoisotopic (exact) mass is 448 g/mol. The van der Waals surface area contributed by atoms with E-state index in [1.165, 1.54) is 5.56 Å². The first-order valence-corrected chi connectivity index (χ1v) is 12.6. The highest BCUT2D eigenvalue weighted by Gasteiger charge is 2.33. The van der Waals surface area contributed by atoms with Gasteiger partial charge >= 0.3 is 0 Å². The number of benzene rings is 1. The fourth-order valence-corrected chi connectivity index (χ4v) is 5.60. The number of carbonyl (C=O) groups excluding carboxylic acids is 1. The van der Waals surface area contributed by atoms with Gasteiger partial charge in [-0.15, -0.1) is 0 Å². The van der Waals surface area contributed by atoms with Crippen LogP contribution in [0.25, 0.3) is 0 Å². The largest absolute Gasteiger partial charge is 0.376 e. The van der Waals surface area contributed by atoms with Gasteiger partial charge in [0, 0.05) is 17.7 Å². The predicted molar refractivity (Wildman–Crippen MR) is 132 cm³/mol. The lowest BCUT2D eigenvalue weighted by Crippen LogP contribution is -2.38. The summed E-state index contributed by atoms with van der Waals surface area (Å²) in [4.78, 5) is 20.5. The van der Waals surface area contributed by atoms with Crippen molar-refractivity contribution in [3.63, 3.8) is 0 Å². The molecule has 2 aromatic rings. The average molecular weight is 449 g/mol. The van der Waals surface area contributed by atoms with E-state index in [0.29, 0.717) is 12.5 Å². The number of ether oxygens (including phenoxy) is 1. The first kappa shape index (κ1) is 22.4. The number of amides is 1. The molecular formula is C27H36N4O2. The molecular weight excluding hydrogens is 412 g/mol. The van der Waals surface area contributed by atoms with Gasteiger partial charge in [0.2, 0.25) is 5.91 Å². The van der Waals surface area contributed by atoms with Crippen LogP contribution < -0.4 is 15.5 Å². The van der Waals surface area contributed by atoms with E-state index in [2.05, 4.69) is 53.7 Å². The number of carbonyl (C=O) groups is 1. The molecule has 0 bridgehead atoms. The van der Waals surface area contributed by atoms with Crippen molar-refractivity contribution in [2.75, 3.05) is 23.3 Å². The van der Waals surface area contributed by atoms with Crippen molar-refractivity contribution < 1.29 is 9.53 Å². The van der Waals surface area contributed by atoms with E-state index in [1.54, 1.807) is 0 Å². The maximum atomic E-state index is 13.9. The smallest absolute Gasteiger partial charge is 0.230 e. The summed E-state index contributed by atoms with van der Waals surface area (Å²) >= 11 is 0. The minimum atomic E-state index is 0.0469. The molecule has 0 spiro atoms. The van der Waals surface area contributed by atoms with E-state index >= 15 is 0 Å². The minimum absolute atomic E-state index is 0.0469. The summed E-state index contributed by atoms with van der Waals surface area (Å²) in [6.07, 6.45) is 8.31. The lowest BCUT2D eigenvalue weighted by Gasteiger charge is -2.33. The molecule has 2 fully saturated rings. The van der Waals surface area contributed by atoms with Crippen LogP contribution in [0, 0.1) is 5.92 Å². The van der Waals surface area contributed by atoms with Gasteiger partial charge in [-0.05, 0) is 95.1 Å². The van der Waals surface area contributed by atoms with Crippen molar-refractivity contribution in [3.8, 4) is 0 Å². The van der Waals surface area contributed by atoms with Crippen molar-refractivity contribution in [2.24, 2.45) is 5.92 Å². The van der Waals surface area contributed by atoms with Crippen LogP contribution in [0.3, 0.4) is 0 Å². The molecule has 3 heterocycles. The summed E-state index contributed by atoms with van der Waals surface area (Å²) in [6, 6.07) is 10.7. The van der Waals surface area contributed by atoms with Gasteiger partial charge in [0.1, 0.15) is 5.82 Å². The van der Waals surface area contributed by atoms with E-state index in [0.717, 1.165) is 74.4 Å². The summed E-state index contributed by atoms with van der Waals surface area (Å²) in [5.74, 6) is 1.67. The number of hydrogen-bond donors (Lipinski definition) is 2. The van der Waals surface area contributed by atoms with E-state index in [9.17, 15) is 4.79 Å². The molecule has 2 N–H and O–H groups in total. The molecule has 2 aliphatic heterocycles. The maximum absolute atomic E-state index is 13.9. The van der Waals surface area contributed by atoms with Crippen molar-refractivity contribution >= 4 is 23.1 Å². The molecule has 1 aromatic carbocycles. The van der Waals surface area contributed by atoms with Crippen molar-refractivity contribution in [1.29, 1.82) is 0 Å². The fourth-order valence-electron chi connectivity index (χ4n) is 5.60. The van der Waals surface area contributed by atoms with Crippen LogP contribution in [0.15, 0.2) is 36.5 Å². The van der Waals surface area contributed by atoms with Crippen LogP contribution in [0.1, 0.15) is 69.4 Å². The molecule has 5 rings (SSSR count). The Morgan fingerprint density at radius 3 is 2.64 bits per heavy atom. The Kier molecular flexibility index (Phi) is 6.65. The molecule has 1 saturated heterocycles. The molecule has 0 atom stereocenters. The Balaban J connectivity index is 1.43. The van der Waals surface area contributed by atoms with Gasteiger partial charge < -0.3 is 20.3 Å². The van der Waals surface area contributed by atoms with Gasteiger partial charge in [0.15, 0.2) is 0 Å². The van der Waals surface area contributed by atoms with E-state index in [1.807, 2.05) is 17.2 Å². The lowest BCUT2D eigenvalue weighted by atomic mass is 9.85. The van der Waals surface area contributed by atoms with Gasteiger partial charge in [-0.2, -0.15) is 0 Å². The Bertz CT molecular complexity index is 978. The molecule has 0 radical (unpaired) electrons. The van der Waals surface area contributed by atoms with Gasteiger partial charge in [0.05, 0.1) is 30.1 Å². The molecule has 176 valence electrons. The highest BCUT2D eigenvalue weighted by molar-refractivity contribution is 5.99. The average Bonchev–Trinajstić information content (AvgIpc) is 3.00. The number of piperidine rings is 1. The lowest BCUT2D eigenvalue weighted by molar-refractivity contribution is -0.124. The SMILES string of the molecule is CC(C)OC1CCC(C(=O)N2Cc3cccnc3Nc3ccc(C4CCNCC4)cc32)CC1.